The molecule has 0 fully saturated rings. The van der Waals surface area contributed by atoms with Crippen LogP contribution in [0.5, 0.6) is 0 Å². The fourth-order valence-electron chi connectivity index (χ4n) is 4.18. The van der Waals surface area contributed by atoms with E-state index in [1.807, 2.05) is 30.6 Å². The first-order chi connectivity index (χ1) is 13.3. The summed E-state index contributed by atoms with van der Waals surface area (Å²) in [4.78, 5) is 4.17. The van der Waals surface area contributed by atoms with Crippen LogP contribution in [0.15, 0.2) is 85.2 Å². The zero-order valence-electron chi connectivity index (χ0n) is 14.6. The Kier molecular flexibility index (Phi) is 3.62. The topological polar surface area (TPSA) is 48.7 Å². The maximum absolute atomic E-state index is 9.38. The molecule has 0 amide bonds. The van der Waals surface area contributed by atoms with Gasteiger partial charge in [-0.25, -0.2) is 0 Å². The van der Waals surface area contributed by atoms with E-state index in [4.69, 9.17) is 0 Å². The molecule has 0 saturated heterocycles. The van der Waals surface area contributed by atoms with Crippen LogP contribution < -0.4 is 5.32 Å². The number of aromatic nitrogens is 1. The minimum atomic E-state index is 0.0998. The number of hydrogen-bond donors (Lipinski definition) is 1. The van der Waals surface area contributed by atoms with Gasteiger partial charge < -0.3 is 5.32 Å². The number of hydrogen-bond acceptors (Lipinski definition) is 3. The van der Waals surface area contributed by atoms with Crippen LogP contribution >= 0.6 is 0 Å². The van der Waals surface area contributed by atoms with E-state index in [1.54, 1.807) is 0 Å². The highest BCUT2D eigenvalue weighted by Crippen LogP contribution is 2.50. The molecule has 0 aliphatic carbocycles. The lowest BCUT2D eigenvalue weighted by atomic mass is 9.82. The van der Waals surface area contributed by atoms with Crippen molar-refractivity contribution < 1.29 is 0 Å². The highest BCUT2D eigenvalue weighted by atomic mass is 15.0. The van der Waals surface area contributed by atoms with Gasteiger partial charge in [-0.2, -0.15) is 5.26 Å². The zero-order valence-corrected chi connectivity index (χ0v) is 14.6. The minimum Gasteiger partial charge on any atom is -0.377 e. The lowest BCUT2D eigenvalue weighted by molar-refractivity contribution is 0.715. The molecule has 0 unspecified atom stereocenters. The van der Waals surface area contributed by atoms with Crippen LogP contribution in [0.2, 0.25) is 0 Å². The van der Waals surface area contributed by atoms with E-state index in [0.717, 1.165) is 11.3 Å². The molecule has 128 valence electrons. The third kappa shape index (κ3) is 2.54. The van der Waals surface area contributed by atoms with Gasteiger partial charge in [-0.05, 0) is 57.8 Å². The second-order valence-electron chi connectivity index (χ2n) is 6.87. The Morgan fingerprint density at radius 3 is 2.56 bits per heavy atom. The maximum Gasteiger partial charge on any atom is 0.0991 e. The largest absolute Gasteiger partial charge is 0.377 e. The number of anilines is 1. The van der Waals surface area contributed by atoms with E-state index in [1.165, 1.54) is 21.9 Å². The van der Waals surface area contributed by atoms with Crippen molar-refractivity contribution in [2.45, 2.75) is 12.0 Å². The molecule has 1 aliphatic rings. The SMILES string of the molecule is N#Cc1cccc([C@@H]2c3c(ccc4ccccc34)N[C@H]2c2ccncc2)c1. The van der Waals surface area contributed by atoms with Crippen LogP contribution in [0.3, 0.4) is 0 Å². The van der Waals surface area contributed by atoms with Crippen molar-refractivity contribution >= 4 is 16.5 Å². The Morgan fingerprint density at radius 2 is 1.70 bits per heavy atom. The Hall–Kier alpha value is -3.64. The summed E-state index contributed by atoms with van der Waals surface area (Å²) in [5, 5.41) is 15.6. The quantitative estimate of drug-likeness (QED) is 0.528. The first kappa shape index (κ1) is 15.6. The standard InChI is InChI=1S/C24H17N3/c25-15-16-4-3-6-19(14-16)22-23-20-7-2-1-5-17(20)8-9-21(23)27-24(22)18-10-12-26-13-11-18/h1-14,22,24,27H/t22-,24+/m1/s1. The molecule has 0 bridgehead atoms. The molecule has 0 radical (unpaired) electrons. The molecular formula is C24H17N3. The number of nitrogens with one attached hydrogen (secondary N) is 1. The molecule has 1 N–H and O–H groups in total. The average molecular weight is 347 g/mol. The molecule has 1 aromatic heterocycles. The zero-order chi connectivity index (χ0) is 18.2. The Labute approximate surface area is 157 Å². The van der Waals surface area contributed by atoms with Crippen molar-refractivity contribution in [3.05, 3.63) is 107 Å². The predicted octanol–water partition coefficient (Wildman–Crippen LogP) is 5.41. The summed E-state index contributed by atoms with van der Waals surface area (Å²) in [6.07, 6.45) is 3.67. The Morgan fingerprint density at radius 1 is 0.852 bits per heavy atom. The van der Waals surface area contributed by atoms with Gasteiger partial charge in [0.2, 0.25) is 0 Å². The first-order valence-corrected chi connectivity index (χ1v) is 9.03. The summed E-state index contributed by atoms with van der Waals surface area (Å²) < 4.78 is 0. The molecule has 1 aliphatic heterocycles. The van der Waals surface area contributed by atoms with E-state index >= 15 is 0 Å². The molecule has 0 saturated carbocycles. The number of nitriles is 1. The van der Waals surface area contributed by atoms with Crippen LogP contribution in [0.25, 0.3) is 10.8 Å². The van der Waals surface area contributed by atoms with Gasteiger partial charge in [0, 0.05) is 24.0 Å². The molecule has 2 heterocycles. The van der Waals surface area contributed by atoms with Gasteiger partial charge in [-0.1, -0.05) is 42.5 Å². The number of benzene rings is 3. The van der Waals surface area contributed by atoms with E-state index in [2.05, 4.69) is 71.0 Å². The highest BCUT2D eigenvalue weighted by molar-refractivity contribution is 5.93. The summed E-state index contributed by atoms with van der Waals surface area (Å²) in [6.45, 7) is 0. The number of rotatable bonds is 2. The summed E-state index contributed by atoms with van der Waals surface area (Å²) in [6, 6.07) is 27.3. The van der Waals surface area contributed by atoms with E-state index < -0.39 is 0 Å². The van der Waals surface area contributed by atoms with Gasteiger partial charge >= 0.3 is 0 Å². The van der Waals surface area contributed by atoms with Crippen molar-refractivity contribution in [1.29, 1.82) is 5.26 Å². The van der Waals surface area contributed by atoms with Gasteiger partial charge in [0.15, 0.2) is 0 Å². The molecule has 3 nitrogen and oxygen atoms in total. The maximum atomic E-state index is 9.38. The second-order valence-corrected chi connectivity index (χ2v) is 6.87. The summed E-state index contributed by atoms with van der Waals surface area (Å²) in [5.74, 6) is 0.127. The Bertz CT molecular complexity index is 1180. The molecule has 5 rings (SSSR count). The number of nitrogens with zero attached hydrogens (tertiary/aromatic N) is 2. The molecule has 4 aromatic rings. The summed E-state index contributed by atoms with van der Waals surface area (Å²) in [5.41, 5.74) is 5.48. The van der Waals surface area contributed by atoms with Gasteiger partial charge in [0.25, 0.3) is 0 Å². The van der Waals surface area contributed by atoms with Crippen LogP contribution in [0.4, 0.5) is 5.69 Å². The lowest BCUT2D eigenvalue weighted by Crippen LogP contribution is -2.13. The molecular weight excluding hydrogens is 330 g/mol. The van der Waals surface area contributed by atoms with E-state index in [-0.39, 0.29) is 12.0 Å². The monoisotopic (exact) mass is 347 g/mol. The van der Waals surface area contributed by atoms with Crippen molar-refractivity contribution in [2.24, 2.45) is 0 Å². The van der Waals surface area contributed by atoms with Crippen LogP contribution in [-0.4, -0.2) is 4.98 Å². The highest BCUT2D eigenvalue weighted by Gasteiger charge is 2.35. The number of pyridine rings is 1. The smallest absolute Gasteiger partial charge is 0.0991 e. The molecule has 3 aromatic carbocycles. The third-order valence-electron chi connectivity index (χ3n) is 5.37. The van der Waals surface area contributed by atoms with Crippen LogP contribution in [0, 0.1) is 11.3 Å². The first-order valence-electron chi connectivity index (χ1n) is 9.03. The van der Waals surface area contributed by atoms with E-state index in [9.17, 15) is 5.26 Å². The van der Waals surface area contributed by atoms with Gasteiger partial charge in [-0.15, -0.1) is 0 Å². The Balaban J connectivity index is 1.77. The second kappa shape index (κ2) is 6.26. The van der Waals surface area contributed by atoms with E-state index in [0.29, 0.717) is 5.56 Å². The van der Waals surface area contributed by atoms with Crippen molar-refractivity contribution in [3.63, 3.8) is 0 Å². The number of fused-ring (bicyclic) bond motifs is 3. The fraction of sp³-hybridized carbons (Fsp3) is 0.0833. The van der Waals surface area contributed by atoms with Crippen molar-refractivity contribution in [2.75, 3.05) is 5.32 Å². The minimum absolute atomic E-state index is 0.0998. The molecule has 3 heteroatoms. The summed E-state index contributed by atoms with van der Waals surface area (Å²) >= 11 is 0. The van der Waals surface area contributed by atoms with Crippen LogP contribution in [0.1, 0.15) is 34.2 Å². The fourth-order valence-corrected chi connectivity index (χ4v) is 4.18. The molecule has 2 atom stereocenters. The predicted molar refractivity (Wildman–Crippen MR) is 108 cm³/mol. The molecule has 0 spiro atoms. The lowest BCUT2D eigenvalue weighted by Gasteiger charge is -2.22. The van der Waals surface area contributed by atoms with Gasteiger partial charge in [0.1, 0.15) is 0 Å². The average Bonchev–Trinajstić information content (AvgIpc) is 3.14. The normalized spacial score (nSPS) is 17.9. The molecule has 27 heavy (non-hydrogen) atoms. The van der Waals surface area contributed by atoms with Crippen molar-refractivity contribution in [1.82, 2.24) is 4.98 Å². The van der Waals surface area contributed by atoms with Gasteiger partial charge in [-0.3, -0.25) is 4.98 Å². The van der Waals surface area contributed by atoms with Gasteiger partial charge in [0.05, 0.1) is 17.7 Å². The summed E-state index contributed by atoms with van der Waals surface area (Å²) in [7, 11) is 0. The van der Waals surface area contributed by atoms with Crippen molar-refractivity contribution in [3.8, 4) is 6.07 Å². The third-order valence-corrected chi connectivity index (χ3v) is 5.37. The van der Waals surface area contributed by atoms with Crippen LogP contribution in [-0.2, 0) is 0 Å².